The van der Waals surface area contributed by atoms with Gasteiger partial charge in [0.15, 0.2) is 0 Å². The molecule has 6 nitrogen and oxygen atoms in total. The van der Waals surface area contributed by atoms with Crippen molar-refractivity contribution < 1.29 is 27.5 Å². The molecule has 0 radical (unpaired) electrons. The molecule has 2 heterocycles. The number of nitrogens with zero attached hydrogens (tertiary/aromatic N) is 3. The smallest absolute Gasteiger partial charge is 0.287 e. The Bertz CT molecular complexity index is 850. The average molecular weight is 370 g/mol. The van der Waals surface area contributed by atoms with Gasteiger partial charge >= 0.3 is 0 Å². The Morgan fingerprint density at radius 3 is 2.50 bits per heavy atom. The molecule has 0 spiro atoms. The van der Waals surface area contributed by atoms with Crippen LogP contribution in [0.1, 0.15) is 22.3 Å². The molecule has 0 aliphatic carbocycles. The van der Waals surface area contributed by atoms with E-state index in [0.717, 1.165) is 11.8 Å². The van der Waals surface area contributed by atoms with Crippen molar-refractivity contribution in [3.63, 3.8) is 0 Å². The van der Waals surface area contributed by atoms with Crippen LogP contribution in [0.5, 0.6) is 0 Å². The van der Waals surface area contributed by atoms with Gasteiger partial charge in [-0.05, 0) is 6.92 Å². The number of aromatic amines is 1. The average Bonchev–Trinajstić information content (AvgIpc) is 3.20. The van der Waals surface area contributed by atoms with E-state index in [4.69, 9.17) is 0 Å². The minimum Gasteiger partial charge on any atom is -0.364 e. The molecule has 0 fully saturated rings. The second-order valence-electron chi connectivity index (χ2n) is 5.89. The summed E-state index contributed by atoms with van der Waals surface area (Å²) in [5, 5.41) is 19.6. The molecule has 138 valence electrons. The fraction of sp³-hybridized carbons (Fsp3) is 0.312. The molecule has 0 saturated heterocycles. The molecular formula is C16H14F4N4O2. The van der Waals surface area contributed by atoms with Crippen molar-refractivity contribution in [3.8, 4) is 11.3 Å². The van der Waals surface area contributed by atoms with Crippen molar-refractivity contribution in [2.45, 2.75) is 31.9 Å². The zero-order valence-electron chi connectivity index (χ0n) is 13.5. The Balaban J connectivity index is 2.01. The van der Waals surface area contributed by atoms with Gasteiger partial charge in [-0.25, -0.2) is 17.6 Å². The van der Waals surface area contributed by atoms with Crippen LogP contribution >= 0.6 is 0 Å². The van der Waals surface area contributed by atoms with E-state index in [0.29, 0.717) is 5.56 Å². The van der Waals surface area contributed by atoms with Gasteiger partial charge in [0.2, 0.25) is 5.72 Å². The number of aliphatic hydroxyl groups is 1. The Hall–Kier alpha value is -2.75. The summed E-state index contributed by atoms with van der Waals surface area (Å²) in [6.07, 6.45) is -6.72. The molecule has 0 bridgehead atoms. The molecule has 10 heteroatoms. The van der Waals surface area contributed by atoms with Gasteiger partial charge in [-0.1, -0.05) is 29.8 Å². The minimum absolute atomic E-state index is 0.0156. The highest BCUT2D eigenvalue weighted by molar-refractivity contribution is 6.02. The third-order valence-electron chi connectivity index (χ3n) is 4.04. The second-order valence-corrected chi connectivity index (χ2v) is 5.89. The molecule has 1 aromatic carbocycles. The number of nitrogens with one attached hydrogen (secondary N) is 1. The molecule has 0 saturated carbocycles. The van der Waals surface area contributed by atoms with Crippen molar-refractivity contribution in [2.24, 2.45) is 5.10 Å². The third kappa shape index (κ3) is 2.96. The van der Waals surface area contributed by atoms with Gasteiger partial charge in [0, 0.05) is 12.0 Å². The van der Waals surface area contributed by atoms with E-state index in [9.17, 15) is 27.5 Å². The number of hydrazone groups is 1. The standard InChI is InChI=1S/C16H14F4N4O2/c1-8-2-4-9(5-3-8)12-10(7-21-22-12)14(25)24-16(26,15(19)20)6-11(23-24)13(17)18/h2-5,7,13,15,26H,6H2,1H3,(H,21,22)/t16-/m0/s1. The first-order valence-corrected chi connectivity index (χ1v) is 7.55. The SMILES string of the molecule is Cc1ccc(-c2[nH]ncc2C(=O)N2N=C(C(F)F)C[C@]2(O)C(F)F)cc1. The summed E-state index contributed by atoms with van der Waals surface area (Å²) in [7, 11) is 0. The zero-order chi connectivity index (χ0) is 19.1. The summed E-state index contributed by atoms with van der Waals surface area (Å²) >= 11 is 0. The number of aromatic nitrogens is 2. The lowest BCUT2D eigenvalue weighted by molar-refractivity contribution is -0.164. The van der Waals surface area contributed by atoms with Crippen molar-refractivity contribution in [1.82, 2.24) is 15.2 Å². The van der Waals surface area contributed by atoms with Crippen LogP contribution in [0, 0.1) is 6.92 Å². The van der Waals surface area contributed by atoms with E-state index in [1.165, 1.54) is 0 Å². The van der Waals surface area contributed by atoms with Crippen LogP contribution in [0.25, 0.3) is 11.3 Å². The molecule has 1 aliphatic heterocycles. The molecule has 1 aliphatic rings. The van der Waals surface area contributed by atoms with E-state index in [1.807, 2.05) is 6.92 Å². The van der Waals surface area contributed by atoms with Gasteiger partial charge in [0.25, 0.3) is 18.8 Å². The Morgan fingerprint density at radius 2 is 1.92 bits per heavy atom. The monoisotopic (exact) mass is 370 g/mol. The fourth-order valence-electron chi connectivity index (χ4n) is 2.61. The normalized spacial score (nSPS) is 20.2. The second kappa shape index (κ2) is 6.52. The highest BCUT2D eigenvalue weighted by Gasteiger charge is 2.53. The van der Waals surface area contributed by atoms with E-state index < -0.39 is 36.6 Å². The predicted molar refractivity (Wildman–Crippen MR) is 83.9 cm³/mol. The molecule has 1 amide bonds. The quantitative estimate of drug-likeness (QED) is 0.812. The number of aryl methyl sites for hydroxylation is 1. The highest BCUT2D eigenvalue weighted by atomic mass is 19.3. The van der Waals surface area contributed by atoms with E-state index >= 15 is 0 Å². The molecule has 2 aromatic rings. The maximum absolute atomic E-state index is 13.3. The number of halogens is 4. The van der Waals surface area contributed by atoms with Crippen LogP contribution < -0.4 is 0 Å². The van der Waals surface area contributed by atoms with Gasteiger partial charge < -0.3 is 5.11 Å². The first kappa shape index (κ1) is 18.1. The third-order valence-corrected chi connectivity index (χ3v) is 4.04. The van der Waals surface area contributed by atoms with Gasteiger partial charge in [-0.2, -0.15) is 15.2 Å². The molecule has 1 aromatic heterocycles. The summed E-state index contributed by atoms with van der Waals surface area (Å²) in [5.41, 5.74) is -2.60. The lowest BCUT2D eigenvalue weighted by atomic mass is 10.0. The summed E-state index contributed by atoms with van der Waals surface area (Å²) in [6, 6.07) is 6.89. The van der Waals surface area contributed by atoms with E-state index in [2.05, 4.69) is 15.3 Å². The molecule has 1 atom stereocenters. The fourth-order valence-corrected chi connectivity index (χ4v) is 2.61. The van der Waals surface area contributed by atoms with Crippen molar-refractivity contribution in [3.05, 3.63) is 41.6 Å². The summed E-state index contributed by atoms with van der Waals surface area (Å²) in [6.45, 7) is 1.86. The van der Waals surface area contributed by atoms with Gasteiger partial charge in [-0.3, -0.25) is 9.89 Å². The summed E-state index contributed by atoms with van der Waals surface area (Å²) in [4.78, 5) is 12.7. The molecule has 0 unspecified atom stereocenters. The lowest BCUT2D eigenvalue weighted by Gasteiger charge is -2.29. The van der Waals surface area contributed by atoms with Crippen LogP contribution in [0.3, 0.4) is 0 Å². The number of amides is 1. The number of carbonyl (C=O) groups is 1. The number of benzene rings is 1. The van der Waals surface area contributed by atoms with Crippen LogP contribution in [-0.2, 0) is 0 Å². The summed E-state index contributed by atoms with van der Waals surface area (Å²) in [5.74, 6) is -1.16. The predicted octanol–water partition coefficient (Wildman–Crippen LogP) is 2.81. The van der Waals surface area contributed by atoms with Crippen LogP contribution in [0.4, 0.5) is 17.6 Å². The number of hydrogen-bond donors (Lipinski definition) is 2. The molecule has 3 rings (SSSR count). The Kier molecular flexibility index (Phi) is 4.53. The maximum atomic E-state index is 13.3. The lowest BCUT2D eigenvalue weighted by Crippen LogP contribution is -2.51. The molecule has 2 N–H and O–H groups in total. The van der Waals surface area contributed by atoms with Crippen LogP contribution in [0.2, 0.25) is 0 Å². The van der Waals surface area contributed by atoms with Gasteiger partial charge in [0.1, 0.15) is 5.71 Å². The topological polar surface area (TPSA) is 81.6 Å². The van der Waals surface area contributed by atoms with Crippen molar-refractivity contribution >= 4 is 11.6 Å². The summed E-state index contributed by atoms with van der Waals surface area (Å²) < 4.78 is 52.3. The minimum atomic E-state index is -3.49. The Labute approximate surface area is 145 Å². The van der Waals surface area contributed by atoms with Crippen molar-refractivity contribution in [1.29, 1.82) is 0 Å². The van der Waals surface area contributed by atoms with Crippen LogP contribution in [-0.4, -0.2) is 50.5 Å². The van der Waals surface area contributed by atoms with Gasteiger partial charge in [0.05, 0.1) is 17.5 Å². The van der Waals surface area contributed by atoms with Gasteiger partial charge in [-0.15, -0.1) is 0 Å². The van der Waals surface area contributed by atoms with Crippen LogP contribution in [0.15, 0.2) is 35.6 Å². The molecular weight excluding hydrogens is 356 g/mol. The largest absolute Gasteiger partial charge is 0.364 e. The number of hydrogen-bond acceptors (Lipinski definition) is 4. The first-order chi connectivity index (χ1) is 12.2. The number of H-pyrrole nitrogens is 1. The molecule has 26 heavy (non-hydrogen) atoms. The van der Waals surface area contributed by atoms with Crippen molar-refractivity contribution in [2.75, 3.05) is 0 Å². The van der Waals surface area contributed by atoms with E-state index in [-0.39, 0.29) is 16.3 Å². The number of rotatable bonds is 4. The number of carbonyl (C=O) groups excluding carboxylic acids is 1. The highest BCUT2D eigenvalue weighted by Crippen LogP contribution is 2.35. The number of alkyl halides is 4. The van der Waals surface area contributed by atoms with E-state index in [1.54, 1.807) is 24.3 Å². The maximum Gasteiger partial charge on any atom is 0.287 e. The zero-order valence-corrected chi connectivity index (χ0v) is 13.5. The first-order valence-electron chi connectivity index (χ1n) is 7.55. The Morgan fingerprint density at radius 1 is 1.27 bits per heavy atom.